The number of rotatable bonds is 6. The Hall–Kier alpha value is -3.65. The molecule has 1 saturated heterocycles. The summed E-state index contributed by atoms with van der Waals surface area (Å²) in [5, 5.41) is 0. The summed E-state index contributed by atoms with van der Waals surface area (Å²) in [4.78, 5) is 28.0. The topological polar surface area (TPSA) is 72.6 Å². The molecule has 168 valence electrons. The van der Waals surface area contributed by atoms with Crippen LogP contribution in [0.5, 0.6) is 0 Å². The van der Waals surface area contributed by atoms with E-state index in [9.17, 15) is 9.18 Å². The average Bonchev–Trinajstić information content (AvgIpc) is 3.28. The molecular weight excluding hydrogens is 421 g/mol. The van der Waals surface area contributed by atoms with E-state index in [1.54, 1.807) is 22.9 Å². The summed E-state index contributed by atoms with van der Waals surface area (Å²) in [5.41, 5.74) is 3.17. The SMILES string of the molecule is O=C(COCc1ccccc1)N1CCCC(c2ccnc(-c3cnc4ccc(F)cn34)n2)C1. The molecule has 8 heteroatoms. The Morgan fingerprint density at radius 2 is 2.00 bits per heavy atom. The Labute approximate surface area is 190 Å². The van der Waals surface area contributed by atoms with Crippen LogP contribution < -0.4 is 0 Å². The van der Waals surface area contributed by atoms with Gasteiger partial charge in [0.15, 0.2) is 5.82 Å². The molecule has 1 aliphatic heterocycles. The van der Waals surface area contributed by atoms with Crippen LogP contribution in [-0.2, 0) is 16.1 Å². The lowest BCUT2D eigenvalue weighted by Crippen LogP contribution is -2.41. The van der Waals surface area contributed by atoms with Crippen molar-refractivity contribution in [3.05, 3.63) is 84.2 Å². The van der Waals surface area contributed by atoms with Crippen molar-refractivity contribution in [1.82, 2.24) is 24.3 Å². The van der Waals surface area contributed by atoms with Gasteiger partial charge in [-0.15, -0.1) is 0 Å². The van der Waals surface area contributed by atoms with Crippen LogP contribution in [0.3, 0.4) is 0 Å². The molecule has 1 aromatic carbocycles. The summed E-state index contributed by atoms with van der Waals surface area (Å²) in [6.07, 6.45) is 6.57. The van der Waals surface area contributed by atoms with E-state index in [0.717, 1.165) is 24.1 Å². The first-order chi connectivity index (χ1) is 16.2. The van der Waals surface area contributed by atoms with Gasteiger partial charge in [0.2, 0.25) is 5.91 Å². The van der Waals surface area contributed by atoms with Gasteiger partial charge in [-0.1, -0.05) is 30.3 Å². The molecule has 4 heterocycles. The summed E-state index contributed by atoms with van der Waals surface area (Å²) < 4.78 is 21.0. The van der Waals surface area contributed by atoms with Crippen LogP contribution in [0.1, 0.15) is 30.0 Å². The second kappa shape index (κ2) is 9.46. The average molecular weight is 445 g/mol. The normalized spacial score (nSPS) is 16.3. The van der Waals surface area contributed by atoms with Crippen LogP contribution in [0, 0.1) is 5.82 Å². The van der Waals surface area contributed by atoms with Crippen LogP contribution in [0.15, 0.2) is 67.1 Å². The highest BCUT2D eigenvalue weighted by molar-refractivity contribution is 5.77. The number of piperidine rings is 1. The number of aromatic nitrogens is 4. The maximum Gasteiger partial charge on any atom is 0.248 e. The van der Waals surface area contributed by atoms with Crippen LogP contribution in [0.25, 0.3) is 17.2 Å². The van der Waals surface area contributed by atoms with Gasteiger partial charge in [0.25, 0.3) is 0 Å². The minimum Gasteiger partial charge on any atom is -0.367 e. The van der Waals surface area contributed by atoms with E-state index in [0.29, 0.717) is 36.9 Å². The second-order valence-corrected chi connectivity index (χ2v) is 8.18. The molecule has 7 nitrogen and oxygen atoms in total. The number of carbonyl (C=O) groups is 1. The number of pyridine rings is 1. The minimum absolute atomic E-state index is 0.0119. The van der Waals surface area contributed by atoms with Crippen molar-refractivity contribution < 1.29 is 13.9 Å². The lowest BCUT2D eigenvalue weighted by Gasteiger charge is -2.32. The molecule has 1 amide bonds. The van der Waals surface area contributed by atoms with Crippen LogP contribution >= 0.6 is 0 Å². The fourth-order valence-corrected chi connectivity index (χ4v) is 4.21. The summed E-state index contributed by atoms with van der Waals surface area (Å²) >= 11 is 0. The number of likely N-dealkylation sites (tertiary alicyclic amines) is 1. The second-order valence-electron chi connectivity index (χ2n) is 8.18. The third kappa shape index (κ3) is 4.75. The molecule has 1 unspecified atom stereocenters. The lowest BCUT2D eigenvalue weighted by molar-refractivity contribution is -0.137. The number of benzene rings is 1. The van der Waals surface area contributed by atoms with E-state index >= 15 is 0 Å². The Balaban J connectivity index is 1.26. The monoisotopic (exact) mass is 445 g/mol. The molecule has 0 radical (unpaired) electrons. The van der Waals surface area contributed by atoms with Crippen molar-refractivity contribution in [3.8, 4) is 11.5 Å². The van der Waals surface area contributed by atoms with Gasteiger partial charge in [0.1, 0.15) is 23.8 Å². The molecule has 5 rings (SSSR count). The van der Waals surface area contributed by atoms with Crippen molar-refractivity contribution in [2.45, 2.75) is 25.4 Å². The summed E-state index contributed by atoms with van der Waals surface area (Å²) in [7, 11) is 0. The maximum atomic E-state index is 13.7. The molecule has 3 aromatic heterocycles. The Morgan fingerprint density at radius 1 is 1.12 bits per heavy atom. The molecule has 0 N–H and O–H groups in total. The van der Waals surface area contributed by atoms with Gasteiger partial charge in [-0.2, -0.15) is 0 Å². The Kier molecular flexibility index (Phi) is 6.08. The number of hydrogen-bond acceptors (Lipinski definition) is 5. The van der Waals surface area contributed by atoms with E-state index in [4.69, 9.17) is 9.72 Å². The number of halogens is 1. The largest absolute Gasteiger partial charge is 0.367 e. The number of imidazole rings is 1. The molecular formula is C25H24FN5O2. The molecule has 0 aliphatic carbocycles. The minimum atomic E-state index is -0.353. The van der Waals surface area contributed by atoms with E-state index in [2.05, 4.69) is 9.97 Å². The summed E-state index contributed by atoms with van der Waals surface area (Å²) in [5.74, 6) is 0.228. The van der Waals surface area contributed by atoms with Crippen molar-refractivity contribution in [2.24, 2.45) is 0 Å². The fourth-order valence-electron chi connectivity index (χ4n) is 4.21. The molecule has 1 atom stereocenters. The van der Waals surface area contributed by atoms with Gasteiger partial charge >= 0.3 is 0 Å². The third-order valence-corrected chi connectivity index (χ3v) is 5.91. The molecule has 1 fully saturated rings. The zero-order valence-electron chi connectivity index (χ0n) is 18.1. The molecule has 4 aromatic rings. The van der Waals surface area contributed by atoms with Gasteiger partial charge in [-0.05, 0) is 36.6 Å². The van der Waals surface area contributed by atoms with Crippen LogP contribution in [0.2, 0.25) is 0 Å². The number of nitrogens with zero attached hydrogens (tertiary/aromatic N) is 5. The van der Waals surface area contributed by atoms with Crippen LogP contribution in [-0.4, -0.2) is 49.9 Å². The van der Waals surface area contributed by atoms with E-state index < -0.39 is 0 Å². The highest BCUT2D eigenvalue weighted by Crippen LogP contribution is 2.27. The van der Waals surface area contributed by atoms with Crippen LogP contribution in [0.4, 0.5) is 4.39 Å². The van der Waals surface area contributed by atoms with Crippen molar-refractivity contribution >= 4 is 11.6 Å². The predicted octanol–water partition coefficient (Wildman–Crippen LogP) is 3.85. The summed E-state index contributed by atoms with van der Waals surface area (Å²) in [6.45, 7) is 1.78. The lowest BCUT2D eigenvalue weighted by atomic mass is 9.94. The quantitative estimate of drug-likeness (QED) is 0.451. The van der Waals surface area contributed by atoms with E-state index in [1.807, 2.05) is 41.3 Å². The fraction of sp³-hybridized carbons (Fsp3) is 0.280. The van der Waals surface area contributed by atoms with Crippen molar-refractivity contribution in [1.29, 1.82) is 0 Å². The van der Waals surface area contributed by atoms with Crippen molar-refractivity contribution in [3.63, 3.8) is 0 Å². The molecule has 33 heavy (non-hydrogen) atoms. The predicted molar refractivity (Wildman–Crippen MR) is 121 cm³/mol. The number of hydrogen-bond donors (Lipinski definition) is 0. The molecule has 0 bridgehead atoms. The standard InChI is InChI=1S/C25H24FN5O2/c26-20-8-9-23-28-13-22(31(23)15-20)25-27-11-10-21(29-25)19-7-4-12-30(14-19)24(32)17-33-16-18-5-2-1-3-6-18/h1-3,5-6,8-11,13,15,19H,4,7,12,14,16-17H2. The third-order valence-electron chi connectivity index (χ3n) is 5.91. The number of ether oxygens (including phenoxy) is 1. The maximum absolute atomic E-state index is 13.7. The Bertz CT molecular complexity index is 1260. The van der Waals surface area contributed by atoms with E-state index in [1.165, 1.54) is 12.3 Å². The van der Waals surface area contributed by atoms with Gasteiger partial charge in [0, 0.05) is 37.1 Å². The first-order valence-electron chi connectivity index (χ1n) is 11.0. The van der Waals surface area contributed by atoms with Gasteiger partial charge < -0.3 is 9.64 Å². The van der Waals surface area contributed by atoms with Gasteiger partial charge in [-0.3, -0.25) is 9.20 Å². The van der Waals surface area contributed by atoms with E-state index in [-0.39, 0.29) is 24.2 Å². The summed E-state index contributed by atoms with van der Waals surface area (Å²) in [6, 6.07) is 14.7. The molecule has 0 saturated carbocycles. The molecule has 0 spiro atoms. The number of carbonyl (C=O) groups excluding carboxylic acids is 1. The highest BCUT2D eigenvalue weighted by Gasteiger charge is 2.26. The Morgan fingerprint density at radius 3 is 2.88 bits per heavy atom. The first-order valence-corrected chi connectivity index (χ1v) is 11.0. The zero-order valence-corrected chi connectivity index (χ0v) is 18.1. The number of amides is 1. The van der Waals surface area contributed by atoms with Gasteiger partial charge in [0.05, 0.1) is 12.8 Å². The van der Waals surface area contributed by atoms with Crippen molar-refractivity contribution in [2.75, 3.05) is 19.7 Å². The molecule has 1 aliphatic rings. The number of fused-ring (bicyclic) bond motifs is 1. The first kappa shape index (κ1) is 21.2. The highest BCUT2D eigenvalue weighted by atomic mass is 19.1. The smallest absolute Gasteiger partial charge is 0.248 e. The zero-order chi connectivity index (χ0) is 22.6. The van der Waals surface area contributed by atoms with Gasteiger partial charge in [-0.25, -0.2) is 19.3 Å².